The van der Waals surface area contributed by atoms with Crippen molar-refractivity contribution >= 4 is 53.3 Å². The van der Waals surface area contributed by atoms with Crippen molar-refractivity contribution in [3.63, 3.8) is 0 Å². The van der Waals surface area contributed by atoms with E-state index in [1.165, 1.54) is 0 Å². The van der Waals surface area contributed by atoms with Crippen LogP contribution in [0.4, 0.5) is 13.2 Å². The molecule has 138 valence electrons. The summed E-state index contributed by atoms with van der Waals surface area (Å²) >= 11 is 0. The summed E-state index contributed by atoms with van der Waals surface area (Å²) in [6, 6.07) is -2.10. The number of rotatable bonds is 3. The van der Waals surface area contributed by atoms with E-state index in [-0.39, 0.29) is 60.4 Å². The fraction of sp³-hybridized carbons (Fsp3) is 0.571. The summed E-state index contributed by atoms with van der Waals surface area (Å²) in [5.41, 5.74) is -0.248. The molecule has 0 radical (unpaired) electrons. The number of carbonyl (C=O) groups is 4. The molecule has 0 saturated carbocycles. The van der Waals surface area contributed by atoms with Crippen LogP contribution in [0.25, 0.3) is 0 Å². The van der Waals surface area contributed by atoms with E-state index in [0.29, 0.717) is 4.90 Å². The summed E-state index contributed by atoms with van der Waals surface area (Å²) in [4.78, 5) is 47.6. The molecule has 1 N–H and O–H groups in total. The standard InChI is InChI=1S/C14H13F3N2O6.Na.H/c1-5(20)25-4-7-2-6-3-18(13(24)14(15,16)17)10-8(6)19(11(10)21)9(7)12(22)23;;/h6,8,10H,2-4H2,1H3,(H,22,23);;/t6-,8-,10+;;/m1../s1. The Labute approximate surface area is 167 Å². The van der Waals surface area contributed by atoms with E-state index in [2.05, 4.69) is 0 Å². The van der Waals surface area contributed by atoms with Gasteiger partial charge in [-0.25, -0.2) is 4.79 Å². The summed E-state index contributed by atoms with van der Waals surface area (Å²) in [6.07, 6.45) is -5.08. The van der Waals surface area contributed by atoms with Crippen LogP contribution in [0.1, 0.15) is 13.3 Å². The first kappa shape index (κ1) is 20.7. The predicted octanol–water partition coefficient (Wildman–Crippen LogP) is -0.756. The molecule has 2 amide bonds. The van der Waals surface area contributed by atoms with Crippen LogP contribution in [0.5, 0.6) is 0 Å². The van der Waals surface area contributed by atoms with E-state index < -0.39 is 47.9 Å². The molecule has 2 fully saturated rings. The van der Waals surface area contributed by atoms with Crippen molar-refractivity contribution in [3.05, 3.63) is 11.3 Å². The second-order valence-corrected chi connectivity index (χ2v) is 6.10. The van der Waals surface area contributed by atoms with Gasteiger partial charge >= 0.3 is 53.6 Å². The first-order valence-corrected chi connectivity index (χ1v) is 7.33. The molecule has 0 unspecified atom stereocenters. The summed E-state index contributed by atoms with van der Waals surface area (Å²) in [6.45, 7) is 0.436. The maximum absolute atomic E-state index is 12.7. The minimum absolute atomic E-state index is 0. The molecule has 2 saturated heterocycles. The first-order valence-electron chi connectivity index (χ1n) is 7.33. The van der Waals surface area contributed by atoms with Crippen molar-refractivity contribution in [2.45, 2.75) is 31.6 Å². The molecule has 0 aromatic heterocycles. The Morgan fingerprint density at radius 3 is 2.42 bits per heavy atom. The van der Waals surface area contributed by atoms with Crippen molar-refractivity contribution in [3.8, 4) is 0 Å². The number of halogens is 3. The molecule has 8 nitrogen and oxygen atoms in total. The van der Waals surface area contributed by atoms with E-state index in [1.807, 2.05) is 0 Å². The van der Waals surface area contributed by atoms with E-state index >= 15 is 0 Å². The monoisotopic (exact) mass is 386 g/mol. The summed E-state index contributed by atoms with van der Waals surface area (Å²) in [5, 5.41) is 9.36. The third kappa shape index (κ3) is 3.12. The average Bonchev–Trinajstić information content (AvgIpc) is 2.85. The summed E-state index contributed by atoms with van der Waals surface area (Å²) < 4.78 is 42.9. The average molecular weight is 386 g/mol. The van der Waals surface area contributed by atoms with Crippen LogP contribution in [0, 0.1) is 5.92 Å². The molecule has 0 aliphatic carbocycles. The quantitative estimate of drug-likeness (QED) is 0.389. The Morgan fingerprint density at radius 1 is 1.31 bits per heavy atom. The van der Waals surface area contributed by atoms with Gasteiger partial charge < -0.3 is 14.7 Å². The Hall–Kier alpha value is -1.59. The van der Waals surface area contributed by atoms with Crippen LogP contribution in [0.3, 0.4) is 0 Å². The Morgan fingerprint density at radius 2 is 1.92 bits per heavy atom. The Balaban J connectivity index is 0.00000243. The van der Waals surface area contributed by atoms with Crippen molar-refractivity contribution in [2.24, 2.45) is 5.92 Å². The minimum atomic E-state index is -5.11. The number of carboxylic acid groups (broad SMARTS) is 1. The van der Waals surface area contributed by atoms with Gasteiger partial charge in [0, 0.05) is 19.4 Å². The van der Waals surface area contributed by atoms with Crippen LogP contribution in [-0.2, 0) is 23.9 Å². The number of amides is 2. The SMILES string of the molecule is CC(=O)OCC1=C(C(=O)O)N2C(=O)[C@@H]3[C@H]2[C@H](C1)CN3C(=O)C(F)(F)F.[NaH]. The van der Waals surface area contributed by atoms with Gasteiger partial charge in [0.15, 0.2) is 0 Å². The number of hydrogen-bond acceptors (Lipinski definition) is 5. The van der Waals surface area contributed by atoms with Crippen LogP contribution in [0.2, 0.25) is 0 Å². The third-order valence-corrected chi connectivity index (χ3v) is 4.60. The van der Waals surface area contributed by atoms with Crippen LogP contribution >= 0.6 is 0 Å². The number of ether oxygens (including phenoxy) is 1. The third-order valence-electron chi connectivity index (χ3n) is 4.60. The molecule has 26 heavy (non-hydrogen) atoms. The molecule has 3 heterocycles. The van der Waals surface area contributed by atoms with Crippen molar-refractivity contribution < 1.29 is 42.2 Å². The van der Waals surface area contributed by atoms with Gasteiger partial charge in [-0.2, -0.15) is 13.2 Å². The van der Waals surface area contributed by atoms with Crippen LogP contribution < -0.4 is 0 Å². The fourth-order valence-electron chi connectivity index (χ4n) is 3.73. The number of aliphatic carboxylic acids is 1. The topological polar surface area (TPSA) is 104 Å². The number of esters is 1. The summed E-state index contributed by atoms with van der Waals surface area (Å²) in [5.74, 6) is -5.62. The zero-order chi connectivity index (χ0) is 18.7. The van der Waals surface area contributed by atoms with Gasteiger partial charge in [-0.05, 0) is 12.0 Å². The van der Waals surface area contributed by atoms with Gasteiger partial charge in [0.05, 0.1) is 6.04 Å². The van der Waals surface area contributed by atoms with Crippen LogP contribution in [-0.4, -0.2) is 99.6 Å². The molecule has 3 aliphatic rings. The number of β-lactam (4-membered cyclic amide) rings is 1. The van der Waals surface area contributed by atoms with E-state index in [0.717, 1.165) is 11.8 Å². The second-order valence-electron chi connectivity index (χ2n) is 6.10. The number of nitrogens with zero attached hydrogens (tertiary/aromatic N) is 2. The van der Waals surface area contributed by atoms with E-state index in [1.54, 1.807) is 0 Å². The molecule has 0 bridgehead atoms. The Kier molecular flexibility index (Phi) is 5.46. The van der Waals surface area contributed by atoms with Gasteiger partial charge in [0.2, 0.25) is 0 Å². The first-order chi connectivity index (χ1) is 11.5. The predicted molar refractivity (Wildman–Crippen MR) is 78.7 cm³/mol. The number of carbonyl (C=O) groups excluding carboxylic acids is 3. The van der Waals surface area contributed by atoms with Crippen molar-refractivity contribution in [1.82, 2.24) is 9.80 Å². The normalized spacial score (nSPS) is 26.8. The second kappa shape index (κ2) is 6.86. The molecule has 0 aromatic carbocycles. The van der Waals surface area contributed by atoms with Gasteiger partial charge in [-0.3, -0.25) is 19.3 Å². The molecular weight excluding hydrogens is 372 g/mol. The number of alkyl halides is 3. The molecule has 3 aliphatic heterocycles. The van der Waals surface area contributed by atoms with E-state index in [9.17, 15) is 37.5 Å². The van der Waals surface area contributed by atoms with Gasteiger partial charge in [-0.15, -0.1) is 0 Å². The number of likely N-dealkylation sites (tertiary alicyclic amines) is 1. The zero-order valence-electron chi connectivity index (χ0n) is 12.9. The molecule has 0 spiro atoms. The number of hydrogen-bond donors (Lipinski definition) is 1. The zero-order valence-corrected chi connectivity index (χ0v) is 12.9. The summed E-state index contributed by atoms with van der Waals surface area (Å²) in [7, 11) is 0. The van der Waals surface area contributed by atoms with Crippen molar-refractivity contribution in [1.29, 1.82) is 0 Å². The maximum atomic E-state index is 12.7. The molecule has 12 heteroatoms. The number of carboxylic acids is 1. The van der Waals surface area contributed by atoms with Crippen LogP contribution in [0.15, 0.2) is 11.3 Å². The van der Waals surface area contributed by atoms with Gasteiger partial charge in [-0.1, -0.05) is 0 Å². The molecule has 0 aromatic rings. The molecular formula is C14H14F3N2NaO6. The van der Waals surface area contributed by atoms with Gasteiger partial charge in [0.25, 0.3) is 5.91 Å². The Bertz CT molecular complexity index is 722. The van der Waals surface area contributed by atoms with Gasteiger partial charge in [0.1, 0.15) is 18.3 Å². The van der Waals surface area contributed by atoms with E-state index in [4.69, 9.17) is 4.74 Å². The molecule has 3 rings (SSSR count). The fourth-order valence-corrected chi connectivity index (χ4v) is 3.73. The van der Waals surface area contributed by atoms with Crippen molar-refractivity contribution in [2.75, 3.05) is 13.2 Å². The molecule has 3 atom stereocenters.